The summed E-state index contributed by atoms with van der Waals surface area (Å²) < 4.78 is 1.11. The van der Waals surface area contributed by atoms with Crippen LogP contribution in [0.4, 0.5) is 0 Å². The fraction of sp³-hybridized carbons (Fsp3) is 0. The van der Waals surface area contributed by atoms with Gasteiger partial charge in [0.15, 0.2) is 0 Å². The number of hydrogen-bond donors (Lipinski definition) is 0. The largest absolute Gasteiger partial charge is 0.144 e. The molecule has 4 aromatic rings. The maximum atomic E-state index is 3.69. The van der Waals surface area contributed by atoms with Gasteiger partial charge in [0, 0.05) is 4.47 Å². The van der Waals surface area contributed by atoms with E-state index in [-0.39, 0.29) is 0 Å². The van der Waals surface area contributed by atoms with Crippen molar-refractivity contribution in [1.29, 1.82) is 0 Å². The molecular weight excluding hydrogens is 399 g/mol. The highest BCUT2D eigenvalue weighted by Gasteiger charge is 2.47. The number of rotatable bonds is 4. The lowest BCUT2D eigenvalue weighted by Crippen LogP contribution is -2.38. The van der Waals surface area contributed by atoms with Gasteiger partial charge in [0.25, 0.3) is 0 Å². The van der Waals surface area contributed by atoms with Crippen LogP contribution in [0.2, 0.25) is 0 Å². The van der Waals surface area contributed by atoms with Crippen LogP contribution >= 0.6 is 23.2 Å². The monoisotopic (exact) mass is 417 g/mol. The lowest BCUT2D eigenvalue weighted by Gasteiger charge is -2.27. The number of benzene rings is 4. The van der Waals surface area contributed by atoms with Gasteiger partial charge in [-0.2, -0.15) is 0 Å². The summed E-state index contributed by atoms with van der Waals surface area (Å²) in [6, 6.07) is 41.6. The molecule has 26 heavy (non-hydrogen) atoms. The van der Waals surface area contributed by atoms with Crippen LogP contribution in [0.3, 0.4) is 0 Å². The minimum absolute atomic E-state index is 1.11. The van der Waals surface area contributed by atoms with Crippen molar-refractivity contribution in [2.45, 2.75) is 0 Å². The third-order valence-corrected chi connectivity index (χ3v) is 9.39. The van der Waals surface area contributed by atoms with E-state index in [1.165, 1.54) is 21.2 Å². The first kappa shape index (κ1) is 17.2. The van der Waals surface area contributed by atoms with Crippen molar-refractivity contribution in [2.75, 3.05) is 0 Å². The molecule has 0 bridgehead atoms. The zero-order valence-corrected chi connectivity index (χ0v) is 16.8. The maximum absolute atomic E-state index is 3.69. The van der Waals surface area contributed by atoms with E-state index in [1.807, 2.05) is 0 Å². The van der Waals surface area contributed by atoms with Crippen molar-refractivity contribution in [3.05, 3.63) is 120 Å². The SMILES string of the molecule is Brc1cccc([P+](c2ccccc2)(c2ccccc2)c2ccccc2)c1. The van der Waals surface area contributed by atoms with Gasteiger partial charge in [-0.15, -0.1) is 0 Å². The summed E-state index contributed by atoms with van der Waals surface area (Å²) in [5.41, 5.74) is 0. The van der Waals surface area contributed by atoms with Crippen molar-refractivity contribution < 1.29 is 0 Å². The predicted octanol–water partition coefficient (Wildman–Crippen LogP) is 5.07. The second-order valence-corrected chi connectivity index (χ2v) is 10.5. The molecule has 0 unspecified atom stereocenters. The van der Waals surface area contributed by atoms with Gasteiger partial charge < -0.3 is 0 Å². The van der Waals surface area contributed by atoms with Crippen LogP contribution in [-0.4, -0.2) is 0 Å². The van der Waals surface area contributed by atoms with E-state index < -0.39 is 7.26 Å². The second-order valence-electron chi connectivity index (χ2n) is 6.16. The summed E-state index contributed by atoms with van der Waals surface area (Å²) in [4.78, 5) is 0. The molecular formula is C24H19BrP+. The average Bonchev–Trinajstić information content (AvgIpc) is 2.71. The molecule has 126 valence electrons. The Morgan fingerprint density at radius 2 is 0.808 bits per heavy atom. The quantitative estimate of drug-likeness (QED) is 0.406. The summed E-state index contributed by atoms with van der Waals surface area (Å²) in [7, 11) is -1.96. The molecule has 0 amide bonds. The molecule has 0 spiro atoms. The van der Waals surface area contributed by atoms with Gasteiger partial charge in [-0.1, -0.05) is 76.6 Å². The first-order chi connectivity index (χ1) is 12.8. The van der Waals surface area contributed by atoms with E-state index in [4.69, 9.17) is 0 Å². The van der Waals surface area contributed by atoms with Gasteiger partial charge >= 0.3 is 0 Å². The first-order valence-corrected chi connectivity index (χ1v) is 11.2. The highest BCUT2D eigenvalue weighted by atomic mass is 79.9. The van der Waals surface area contributed by atoms with Gasteiger partial charge in [0.1, 0.15) is 28.5 Å². The first-order valence-electron chi connectivity index (χ1n) is 8.64. The molecule has 0 fully saturated rings. The molecule has 0 aliphatic rings. The number of halogens is 1. The van der Waals surface area contributed by atoms with Crippen molar-refractivity contribution >= 4 is 44.4 Å². The third-order valence-electron chi connectivity index (χ3n) is 4.63. The van der Waals surface area contributed by atoms with Crippen LogP contribution < -0.4 is 21.2 Å². The van der Waals surface area contributed by atoms with Gasteiger partial charge in [-0.3, -0.25) is 0 Å². The molecule has 0 aromatic heterocycles. The molecule has 0 nitrogen and oxygen atoms in total. The predicted molar refractivity (Wildman–Crippen MR) is 119 cm³/mol. The average molecular weight is 418 g/mol. The standard InChI is InChI=1S/C24H19BrP/c25-20-11-10-18-24(19-20)26(21-12-4-1-5-13-21,22-14-6-2-7-15-22)23-16-8-3-9-17-23/h1-19H/q+1. The van der Waals surface area contributed by atoms with Crippen LogP contribution in [0.25, 0.3) is 0 Å². The Balaban J connectivity index is 2.14. The summed E-state index contributed by atoms with van der Waals surface area (Å²) >= 11 is 3.69. The summed E-state index contributed by atoms with van der Waals surface area (Å²) in [5, 5.41) is 5.47. The van der Waals surface area contributed by atoms with E-state index >= 15 is 0 Å². The van der Waals surface area contributed by atoms with Crippen LogP contribution in [0.1, 0.15) is 0 Å². The lowest BCUT2D eigenvalue weighted by atomic mass is 10.3. The van der Waals surface area contributed by atoms with Crippen molar-refractivity contribution in [3.63, 3.8) is 0 Å². The Morgan fingerprint density at radius 3 is 1.19 bits per heavy atom. The molecule has 0 radical (unpaired) electrons. The van der Waals surface area contributed by atoms with E-state index in [9.17, 15) is 0 Å². The molecule has 0 N–H and O–H groups in total. The van der Waals surface area contributed by atoms with E-state index in [1.54, 1.807) is 0 Å². The minimum atomic E-state index is -1.96. The highest BCUT2D eigenvalue weighted by molar-refractivity contribution is 9.10. The molecule has 0 saturated heterocycles. The fourth-order valence-electron chi connectivity index (χ4n) is 3.53. The lowest BCUT2D eigenvalue weighted by molar-refractivity contribution is 1.68. The fourth-order valence-corrected chi connectivity index (χ4v) is 8.40. The smallest absolute Gasteiger partial charge is 0.0620 e. The van der Waals surface area contributed by atoms with E-state index in [0.717, 1.165) is 4.47 Å². The molecule has 0 heterocycles. The molecule has 0 aliphatic heterocycles. The van der Waals surface area contributed by atoms with Crippen LogP contribution in [0, 0.1) is 0 Å². The van der Waals surface area contributed by atoms with Gasteiger partial charge in [0.2, 0.25) is 0 Å². The van der Waals surface area contributed by atoms with Crippen LogP contribution in [0.5, 0.6) is 0 Å². The zero-order valence-electron chi connectivity index (χ0n) is 14.3. The molecule has 0 saturated carbocycles. The maximum Gasteiger partial charge on any atom is 0.144 e. The Kier molecular flexibility index (Phi) is 5.02. The Bertz CT molecular complexity index is 885. The van der Waals surface area contributed by atoms with Crippen molar-refractivity contribution in [2.24, 2.45) is 0 Å². The van der Waals surface area contributed by atoms with Crippen LogP contribution in [0.15, 0.2) is 120 Å². The summed E-state index contributed by atoms with van der Waals surface area (Å²) in [5.74, 6) is 0. The molecule has 4 aromatic carbocycles. The normalized spacial score (nSPS) is 11.3. The minimum Gasteiger partial charge on any atom is -0.0620 e. The Hall–Kier alpha value is -2.21. The molecule has 2 heteroatoms. The van der Waals surface area contributed by atoms with E-state index in [2.05, 4.69) is 131 Å². The molecule has 0 atom stereocenters. The topological polar surface area (TPSA) is 0 Å². The molecule has 0 aliphatic carbocycles. The summed E-state index contributed by atoms with van der Waals surface area (Å²) in [6.45, 7) is 0. The van der Waals surface area contributed by atoms with Gasteiger partial charge in [-0.05, 0) is 54.6 Å². The zero-order chi connectivity index (χ0) is 17.8. The number of hydrogen-bond acceptors (Lipinski definition) is 0. The second kappa shape index (κ2) is 7.58. The Morgan fingerprint density at radius 1 is 0.423 bits per heavy atom. The van der Waals surface area contributed by atoms with Gasteiger partial charge in [0.05, 0.1) is 0 Å². The van der Waals surface area contributed by atoms with Gasteiger partial charge in [-0.25, -0.2) is 0 Å². The highest BCUT2D eigenvalue weighted by Crippen LogP contribution is 2.54. The Labute approximate surface area is 164 Å². The molecule has 4 rings (SSSR count). The summed E-state index contributed by atoms with van der Waals surface area (Å²) in [6.07, 6.45) is 0. The third kappa shape index (κ3) is 3.03. The van der Waals surface area contributed by atoms with Crippen molar-refractivity contribution in [1.82, 2.24) is 0 Å². The van der Waals surface area contributed by atoms with E-state index in [0.29, 0.717) is 0 Å². The van der Waals surface area contributed by atoms with Crippen LogP contribution in [-0.2, 0) is 0 Å². The van der Waals surface area contributed by atoms with Crippen molar-refractivity contribution in [3.8, 4) is 0 Å².